The smallest absolute Gasteiger partial charge is 0.261 e. The largest absolute Gasteiger partial charge is 0.491 e. The number of hydrogen-bond donors (Lipinski definition) is 0. The average molecular weight is 327 g/mol. The maximum absolute atomic E-state index is 12.7. The van der Waals surface area contributed by atoms with Crippen LogP contribution in [-0.4, -0.2) is 43.6 Å². The second kappa shape index (κ2) is 7.01. The van der Waals surface area contributed by atoms with Gasteiger partial charge in [0, 0.05) is 35.6 Å². The van der Waals surface area contributed by atoms with E-state index in [1.54, 1.807) is 25.3 Å². The van der Waals surface area contributed by atoms with Crippen LogP contribution in [0.25, 0.3) is 10.8 Å². The maximum Gasteiger partial charge on any atom is 0.261 e. The lowest BCUT2D eigenvalue weighted by molar-refractivity contribution is 0.0608. The van der Waals surface area contributed by atoms with Gasteiger partial charge >= 0.3 is 0 Å². The Hall–Kier alpha value is -2.40. The fourth-order valence-electron chi connectivity index (χ4n) is 3.00. The van der Waals surface area contributed by atoms with Crippen molar-refractivity contribution in [3.05, 3.63) is 41.5 Å². The molecule has 0 spiro atoms. The quantitative estimate of drug-likeness (QED) is 0.578. The summed E-state index contributed by atoms with van der Waals surface area (Å²) in [6, 6.07) is 9.03. The number of rotatable bonds is 7. The van der Waals surface area contributed by atoms with Gasteiger partial charge < -0.3 is 9.47 Å². The molecule has 0 fully saturated rings. The average Bonchev–Trinajstić information content (AvgIpc) is 2.60. The van der Waals surface area contributed by atoms with Crippen molar-refractivity contribution in [3.8, 4) is 5.75 Å². The molecule has 24 heavy (non-hydrogen) atoms. The van der Waals surface area contributed by atoms with Crippen molar-refractivity contribution < 1.29 is 19.1 Å². The van der Waals surface area contributed by atoms with Crippen molar-refractivity contribution in [2.75, 3.05) is 26.9 Å². The highest BCUT2D eigenvalue weighted by Crippen LogP contribution is 2.35. The summed E-state index contributed by atoms with van der Waals surface area (Å²) in [5.41, 5.74) is 1.13. The fraction of sp³-hybridized carbons (Fsp3) is 0.368. The predicted molar refractivity (Wildman–Crippen MR) is 91.6 cm³/mol. The summed E-state index contributed by atoms with van der Waals surface area (Å²) < 4.78 is 10.7. The Morgan fingerprint density at radius 2 is 1.75 bits per heavy atom. The van der Waals surface area contributed by atoms with E-state index in [2.05, 4.69) is 0 Å². The fourth-order valence-corrected chi connectivity index (χ4v) is 3.00. The van der Waals surface area contributed by atoms with E-state index in [-0.39, 0.29) is 11.8 Å². The molecule has 126 valence electrons. The van der Waals surface area contributed by atoms with Crippen LogP contribution in [0.15, 0.2) is 30.3 Å². The third-order valence-electron chi connectivity index (χ3n) is 4.23. The number of nitrogens with zero attached hydrogens (tertiary/aromatic N) is 1. The summed E-state index contributed by atoms with van der Waals surface area (Å²) in [4.78, 5) is 26.8. The van der Waals surface area contributed by atoms with Crippen LogP contribution in [0.2, 0.25) is 0 Å². The molecule has 0 saturated carbocycles. The summed E-state index contributed by atoms with van der Waals surface area (Å²) >= 11 is 0. The van der Waals surface area contributed by atoms with Crippen LogP contribution in [0.5, 0.6) is 5.75 Å². The molecule has 0 aromatic heterocycles. The zero-order valence-corrected chi connectivity index (χ0v) is 14.0. The van der Waals surface area contributed by atoms with Gasteiger partial charge in [-0.2, -0.15) is 0 Å². The second-order valence-electron chi connectivity index (χ2n) is 5.80. The number of hydrogen-bond acceptors (Lipinski definition) is 4. The van der Waals surface area contributed by atoms with Crippen LogP contribution in [0, 0.1) is 0 Å². The SMILES string of the molecule is CCCCN1C(=O)c2cccc3c(OCCOC)ccc(c23)C1=O. The number of unbranched alkanes of at least 4 members (excludes halogenated alkanes) is 1. The molecule has 5 heteroatoms. The molecule has 2 aromatic carbocycles. The number of carbonyl (C=O) groups is 2. The number of amides is 2. The zero-order valence-electron chi connectivity index (χ0n) is 14.0. The molecule has 0 bridgehead atoms. The molecule has 0 atom stereocenters. The van der Waals surface area contributed by atoms with E-state index in [1.807, 2.05) is 19.1 Å². The van der Waals surface area contributed by atoms with E-state index < -0.39 is 0 Å². The van der Waals surface area contributed by atoms with Gasteiger partial charge in [0.2, 0.25) is 0 Å². The van der Waals surface area contributed by atoms with Gasteiger partial charge in [-0.3, -0.25) is 14.5 Å². The Bertz CT molecular complexity index is 762. The molecule has 0 N–H and O–H groups in total. The van der Waals surface area contributed by atoms with E-state index >= 15 is 0 Å². The molecular weight excluding hydrogens is 306 g/mol. The van der Waals surface area contributed by atoms with Crippen molar-refractivity contribution in [1.29, 1.82) is 0 Å². The van der Waals surface area contributed by atoms with E-state index in [4.69, 9.17) is 9.47 Å². The molecule has 2 amide bonds. The summed E-state index contributed by atoms with van der Waals surface area (Å²) in [5.74, 6) is 0.219. The number of benzene rings is 2. The van der Waals surface area contributed by atoms with Gasteiger partial charge in [0.1, 0.15) is 12.4 Å². The molecule has 1 aliphatic heterocycles. The number of carbonyl (C=O) groups excluding carboxylic acids is 2. The molecule has 5 nitrogen and oxygen atoms in total. The van der Waals surface area contributed by atoms with Gasteiger partial charge in [0.25, 0.3) is 11.8 Å². The number of ether oxygens (including phenoxy) is 2. The monoisotopic (exact) mass is 327 g/mol. The summed E-state index contributed by atoms with van der Waals surface area (Å²) in [5, 5.41) is 1.48. The van der Waals surface area contributed by atoms with Crippen molar-refractivity contribution in [1.82, 2.24) is 4.90 Å². The third-order valence-corrected chi connectivity index (χ3v) is 4.23. The van der Waals surface area contributed by atoms with Gasteiger partial charge in [-0.25, -0.2) is 0 Å². The maximum atomic E-state index is 12.7. The van der Waals surface area contributed by atoms with Crippen LogP contribution in [0.1, 0.15) is 40.5 Å². The van der Waals surface area contributed by atoms with Gasteiger partial charge in [-0.15, -0.1) is 0 Å². The Balaban J connectivity index is 2.06. The van der Waals surface area contributed by atoms with Gasteiger partial charge in [-0.05, 0) is 24.6 Å². The lowest BCUT2D eigenvalue weighted by Gasteiger charge is -2.27. The first-order valence-electron chi connectivity index (χ1n) is 8.22. The Labute approximate surface area is 141 Å². The first-order valence-corrected chi connectivity index (χ1v) is 8.22. The van der Waals surface area contributed by atoms with Crippen LogP contribution >= 0.6 is 0 Å². The van der Waals surface area contributed by atoms with Gasteiger partial charge in [-0.1, -0.05) is 25.5 Å². The van der Waals surface area contributed by atoms with E-state index in [9.17, 15) is 9.59 Å². The summed E-state index contributed by atoms with van der Waals surface area (Å²) in [6.45, 7) is 3.39. The number of methoxy groups -OCH3 is 1. The molecule has 2 aromatic rings. The standard InChI is InChI=1S/C19H21NO4/c1-3-4-10-20-18(21)14-7-5-6-13-16(24-12-11-23-2)9-8-15(17(13)14)19(20)22/h5-9H,3-4,10-12H2,1-2H3. The van der Waals surface area contributed by atoms with Crippen molar-refractivity contribution in [2.24, 2.45) is 0 Å². The lowest BCUT2D eigenvalue weighted by atomic mass is 9.93. The van der Waals surface area contributed by atoms with Crippen molar-refractivity contribution in [3.63, 3.8) is 0 Å². The lowest BCUT2D eigenvalue weighted by Crippen LogP contribution is -2.40. The Morgan fingerprint density at radius 3 is 2.46 bits per heavy atom. The first kappa shape index (κ1) is 16.5. The summed E-state index contributed by atoms with van der Waals surface area (Å²) in [6.07, 6.45) is 1.74. The molecule has 1 aliphatic rings. The first-order chi connectivity index (χ1) is 11.7. The van der Waals surface area contributed by atoms with E-state index in [0.29, 0.717) is 42.0 Å². The van der Waals surface area contributed by atoms with Crippen LogP contribution in [0.3, 0.4) is 0 Å². The minimum Gasteiger partial charge on any atom is -0.491 e. The Kier molecular flexibility index (Phi) is 4.81. The minimum absolute atomic E-state index is 0.222. The highest BCUT2D eigenvalue weighted by atomic mass is 16.5. The van der Waals surface area contributed by atoms with Crippen LogP contribution in [0.4, 0.5) is 0 Å². The molecule has 0 unspecified atom stereocenters. The Morgan fingerprint density at radius 1 is 1.00 bits per heavy atom. The third kappa shape index (κ3) is 2.76. The van der Waals surface area contributed by atoms with Crippen molar-refractivity contribution in [2.45, 2.75) is 19.8 Å². The van der Waals surface area contributed by atoms with Crippen molar-refractivity contribution >= 4 is 22.6 Å². The van der Waals surface area contributed by atoms with E-state index in [0.717, 1.165) is 18.2 Å². The highest BCUT2D eigenvalue weighted by Gasteiger charge is 2.32. The van der Waals surface area contributed by atoms with Crippen LogP contribution < -0.4 is 4.74 Å². The topological polar surface area (TPSA) is 55.8 Å². The molecule has 0 radical (unpaired) electrons. The normalized spacial score (nSPS) is 13.7. The molecule has 1 heterocycles. The number of imide groups is 1. The molecule has 0 aliphatic carbocycles. The minimum atomic E-state index is -0.222. The highest BCUT2D eigenvalue weighted by molar-refractivity contribution is 6.26. The molecule has 3 rings (SSSR count). The van der Waals surface area contributed by atoms with Crippen LogP contribution in [-0.2, 0) is 4.74 Å². The molecular formula is C19H21NO4. The molecule has 0 saturated heterocycles. The predicted octanol–water partition coefficient (Wildman–Crippen LogP) is 3.26. The second-order valence-corrected chi connectivity index (χ2v) is 5.80. The zero-order chi connectivity index (χ0) is 17.1. The summed E-state index contributed by atoms with van der Waals surface area (Å²) in [7, 11) is 1.61. The van der Waals surface area contributed by atoms with E-state index in [1.165, 1.54) is 4.90 Å². The van der Waals surface area contributed by atoms with Gasteiger partial charge in [0.15, 0.2) is 0 Å². The van der Waals surface area contributed by atoms with Gasteiger partial charge in [0.05, 0.1) is 6.61 Å².